The van der Waals surface area contributed by atoms with Crippen LogP contribution in [0.25, 0.3) is 0 Å². The molecule has 0 fully saturated rings. The quantitative estimate of drug-likeness (QED) is 0.639. The molecule has 1 aromatic carbocycles. The van der Waals surface area contributed by atoms with Crippen molar-refractivity contribution in [2.45, 2.75) is 6.54 Å². The molecule has 0 unspecified atom stereocenters. The van der Waals surface area contributed by atoms with Crippen LogP contribution in [0.1, 0.15) is 15.4 Å². The number of rotatable bonds is 5. The first-order valence-electron chi connectivity index (χ1n) is 5.28. The number of amides is 1. The lowest BCUT2D eigenvalue weighted by atomic mass is 10.1. The Bertz CT molecular complexity index is 612. The number of carbonyl (C=O) groups excluding carboxylic acids is 1. The smallest absolute Gasteiger partial charge is 0.293 e. The molecule has 0 atom stereocenters. The van der Waals surface area contributed by atoms with E-state index >= 15 is 0 Å². The Labute approximate surface area is 112 Å². The molecule has 0 saturated carbocycles. The van der Waals surface area contributed by atoms with Crippen LogP contribution >= 0.6 is 11.3 Å². The van der Waals surface area contributed by atoms with Gasteiger partial charge in [-0.25, -0.2) is 4.98 Å². The van der Waals surface area contributed by atoms with Crippen LogP contribution < -0.4 is 11.1 Å². The van der Waals surface area contributed by atoms with E-state index in [9.17, 15) is 14.9 Å². The second kappa shape index (κ2) is 5.44. The second-order valence-corrected chi connectivity index (χ2v) is 4.61. The molecular formula is C11H10N4O3S. The zero-order valence-corrected chi connectivity index (χ0v) is 10.5. The predicted octanol–water partition coefficient (Wildman–Crippen LogP) is 1.76. The molecule has 19 heavy (non-hydrogen) atoms. The number of nitro groups is 1. The van der Waals surface area contributed by atoms with E-state index in [1.165, 1.54) is 23.5 Å². The summed E-state index contributed by atoms with van der Waals surface area (Å²) >= 11 is 1.45. The van der Waals surface area contributed by atoms with Gasteiger partial charge in [0.15, 0.2) is 0 Å². The monoisotopic (exact) mass is 278 g/mol. The molecule has 1 aromatic heterocycles. The highest BCUT2D eigenvalue weighted by atomic mass is 32.1. The minimum atomic E-state index is -0.699. The minimum Gasteiger partial charge on any atom is -0.373 e. The normalized spacial score (nSPS) is 10.1. The fourth-order valence-corrected chi connectivity index (χ4v) is 2.05. The van der Waals surface area contributed by atoms with Gasteiger partial charge in [0.2, 0.25) is 5.91 Å². The number of hydrogen-bond donors (Lipinski definition) is 2. The van der Waals surface area contributed by atoms with Crippen LogP contribution in [0, 0.1) is 10.1 Å². The van der Waals surface area contributed by atoms with E-state index in [2.05, 4.69) is 10.3 Å². The number of hydrogen-bond acceptors (Lipinski definition) is 6. The van der Waals surface area contributed by atoms with Crippen LogP contribution in [0.4, 0.5) is 11.4 Å². The van der Waals surface area contributed by atoms with Crippen molar-refractivity contribution < 1.29 is 9.72 Å². The Hall–Kier alpha value is -2.48. The maximum atomic E-state index is 11.0. The largest absolute Gasteiger partial charge is 0.373 e. The van der Waals surface area contributed by atoms with Gasteiger partial charge in [-0.05, 0) is 12.1 Å². The molecule has 0 radical (unpaired) electrons. The summed E-state index contributed by atoms with van der Waals surface area (Å²) in [7, 11) is 0. The van der Waals surface area contributed by atoms with Crippen molar-refractivity contribution in [3.63, 3.8) is 0 Å². The van der Waals surface area contributed by atoms with E-state index in [1.807, 2.05) is 5.38 Å². The predicted molar refractivity (Wildman–Crippen MR) is 71.1 cm³/mol. The first kappa shape index (κ1) is 13.0. The maximum absolute atomic E-state index is 11.0. The molecule has 7 nitrogen and oxygen atoms in total. The summed E-state index contributed by atoms with van der Waals surface area (Å²) in [6, 6.07) is 4.07. The maximum Gasteiger partial charge on any atom is 0.293 e. The summed E-state index contributed by atoms with van der Waals surface area (Å²) in [4.78, 5) is 25.5. The molecule has 1 amide bonds. The van der Waals surface area contributed by atoms with Crippen molar-refractivity contribution >= 4 is 28.6 Å². The lowest BCUT2D eigenvalue weighted by Crippen LogP contribution is -2.12. The van der Waals surface area contributed by atoms with E-state index < -0.39 is 10.8 Å². The fourth-order valence-electron chi connectivity index (χ4n) is 1.50. The first-order valence-corrected chi connectivity index (χ1v) is 6.16. The lowest BCUT2D eigenvalue weighted by molar-refractivity contribution is -0.384. The van der Waals surface area contributed by atoms with Gasteiger partial charge in [-0.15, -0.1) is 11.3 Å². The van der Waals surface area contributed by atoms with Crippen molar-refractivity contribution in [2.75, 3.05) is 5.32 Å². The van der Waals surface area contributed by atoms with Crippen LogP contribution in [-0.2, 0) is 6.54 Å². The van der Waals surface area contributed by atoms with Crippen LogP contribution in [0.2, 0.25) is 0 Å². The number of thiazole rings is 1. The molecule has 3 N–H and O–H groups in total. The highest BCUT2D eigenvalue weighted by Crippen LogP contribution is 2.26. The van der Waals surface area contributed by atoms with Gasteiger partial charge in [-0.3, -0.25) is 14.9 Å². The number of anilines is 1. The van der Waals surface area contributed by atoms with Gasteiger partial charge in [-0.1, -0.05) is 0 Å². The Morgan fingerprint density at radius 2 is 2.32 bits per heavy atom. The third-order valence-corrected chi connectivity index (χ3v) is 3.17. The van der Waals surface area contributed by atoms with Crippen LogP contribution in [0.5, 0.6) is 0 Å². The number of aromatic nitrogens is 1. The van der Waals surface area contributed by atoms with Crippen LogP contribution in [-0.4, -0.2) is 15.8 Å². The van der Waals surface area contributed by atoms with Crippen molar-refractivity contribution in [1.29, 1.82) is 0 Å². The van der Waals surface area contributed by atoms with E-state index in [-0.39, 0.29) is 11.3 Å². The van der Waals surface area contributed by atoms with Gasteiger partial charge >= 0.3 is 0 Å². The van der Waals surface area contributed by atoms with Gasteiger partial charge in [0, 0.05) is 23.2 Å². The van der Waals surface area contributed by atoms with Gasteiger partial charge in [0.25, 0.3) is 5.69 Å². The molecule has 98 valence electrons. The molecule has 0 bridgehead atoms. The van der Waals surface area contributed by atoms with Gasteiger partial charge < -0.3 is 11.1 Å². The SMILES string of the molecule is NC(=O)c1ccc(NCc2nccs2)c([N+](=O)[O-])c1. The Morgan fingerprint density at radius 1 is 1.53 bits per heavy atom. The van der Waals surface area contributed by atoms with Gasteiger partial charge in [0.1, 0.15) is 10.7 Å². The van der Waals surface area contributed by atoms with E-state index in [4.69, 9.17) is 5.73 Å². The first-order chi connectivity index (χ1) is 9.08. The third-order valence-electron chi connectivity index (χ3n) is 2.39. The zero-order chi connectivity index (χ0) is 13.8. The van der Waals surface area contributed by atoms with Crippen LogP contribution in [0.15, 0.2) is 29.8 Å². The number of benzene rings is 1. The number of nitro benzene ring substituents is 1. The molecule has 2 rings (SSSR count). The van der Waals surface area contributed by atoms with Crippen molar-refractivity contribution in [3.8, 4) is 0 Å². The highest BCUT2D eigenvalue weighted by molar-refractivity contribution is 7.09. The van der Waals surface area contributed by atoms with Crippen molar-refractivity contribution in [1.82, 2.24) is 4.98 Å². The molecule has 0 aliphatic rings. The number of nitrogens with zero attached hydrogens (tertiary/aromatic N) is 2. The standard InChI is InChI=1S/C11H10N4O3S/c12-11(16)7-1-2-8(9(5-7)15(17)18)14-6-10-13-3-4-19-10/h1-5,14H,6H2,(H2,12,16). The van der Waals surface area contributed by atoms with E-state index in [0.29, 0.717) is 12.2 Å². The van der Waals surface area contributed by atoms with Crippen molar-refractivity contribution in [3.05, 3.63) is 50.5 Å². The van der Waals surface area contributed by atoms with Crippen molar-refractivity contribution in [2.24, 2.45) is 5.73 Å². The molecule has 0 aliphatic carbocycles. The molecule has 2 aromatic rings. The minimum absolute atomic E-state index is 0.103. The molecule has 0 saturated heterocycles. The number of primary amides is 1. The summed E-state index contributed by atoms with van der Waals surface area (Å²) in [6.45, 7) is 0.383. The molecular weight excluding hydrogens is 268 g/mol. The molecule has 0 spiro atoms. The summed E-state index contributed by atoms with van der Waals surface area (Å²) in [5.41, 5.74) is 5.33. The number of carbonyl (C=O) groups is 1. The lowest BCUT2D eigenvalue weighted by Gasteiger charge is -2.06. The second-order valence-electron chi connectivity index (χ2n) is 3.63. The molecule has 8 heteroatoms. The topological polar surface area (TPSA) is 111 Å². The van der Waals surface area contributed by atoms with E-state index in [1.54, 1.807) is 6.20 Å². The molecule has 1 heterocycles. The van der Waals surface area contributed by atoms with Gasteiger partial charge in [0.05, 0.1) is 11.5 Å². The molecule has 0 aliphatic heterocycles. The number of nitrogens with one attached hydrogen (secondary N) is 1. The Morgan fingerprint density at radius 3 is 2.89 bits per heavy atom. The average molecular weight is 278 g/mol. The third kappa shape index (κ3) is 3.05. The van der Waals surface area contributed by atoms with Crippen LogP contribution in [0.3, 0.4) is 0 Å². The number of nitrogens with two attached hydrogens (primary N) is 1. The Balaban J connectivity index is 2.24. The summed E-state index contributed by atoms with van der Waals surface area (Å²) in [5.74, 6) is -0.699. The Kier molecular flexibility index (Phi) is 3.71. The van der Waals surface area contributed by atoms with E-state index in [0.717, 1.165) is 11.1 Å². The highest BCUT2D eigenvalue weighted by Gasteiger charge is 2.16. The van der Waals surface area contributed by atoms with Gasteiger partial charge in [-0.2, -0.15) is 0 Å². The zero-order valence-electron chi connectivity index (χ0n) is 9.70. The average Bonchev–Trinajstić information content (AvgIpc) is 2.89. The summed E-state index contributed by atoms with van der Waals surface area (Å²) < 4.78 is 0. The fraction of sp³-hybridized carbons (Fsp3) is 0.0909. The summed E-state index contributed by atoms with van der Waals surface area (Å²) in [5, 5.41) is 16.5. The summed E-state index contributed by atoms with van der Waals surface area (Å²) in [6.07, 6.45) is 1.66.